The molecule has 0 unspecified atom stereocenters. The van der Waals surface area contributed by atoms with Crippen LogP contribution in [0.1, 0.15) is 36.2 Å². The summed E-state index contributed by atoms with van der Waals surface area (Å²) < 4.78 is 1.66. The fourth-order valence-electron chi connectivity index (χ4n) is 2.03. The molecular formula is C16H17N3O2. The normalized spacial score (nSPS) is 10.6. The molecule has 0 aliphatic heterocycles. The predicted octanol–water partition coefficient (Wildman–Crippen LogP) is 3.17. The summed E-state index contributed by atoms with van der Waals surface area (Å²) in [6.45, 7) is 4.90. The van der Waals surface area contributed by atoms with Crippen LogP contribution < -0.4 is 0 Å². The van der Waals surface area contributed by atoms with Gasteiger partial charge >= 0.3 is 5.97 Å². The zero-order valence-electron chi connectivity index (χ0n) is 12.1. The van der Waals surface area contributed by atoms with Gasteiger partial charge in [0.1, 0.15) is 11.3 Å². The summed E-state index contributed by atoms with van der Waals surface area (Å²) in [5.41, 5.74) is 1.70. The standard InChI is InChI=1S/C16H17N3O2/c1-11(2)6-7-19-10-14(16(20)21)15(18-19)13-5-3-4-12(8-13)9-17/h3-5,8,10-11H,6-7H2,1-2H3,(H,20,21). The number of nitriles is 1. The van der Waals surface area contributed by atoms with Gasteiger partial charge in [-0.3, -0.25) is 4.68 Å². The maximum atomic E-state index is 11.4. The van der Waals surface area contributed by atoms with Gasteiger partial charge in [-0.2, -0.15) is 10.4 Å². The minimum Gasteiger partial charge on any atom is -0.478 e. The second kappa shape index (κ2) is 6.23. The van der Waals surface area contributed by atoms with Crippen LogP contribution in [0.15, 0.2) is 30.5 Å². The van der Waals surface area contributed by atoms with Crippen molar-refractivity contribution < 1.29 is 9.90 Å². The molecule has 1 heterocycles. The topological polar surface area (TPSA) is 78.9 Å². The Kier molecular flexibility index (Phi) is 4.39. The molecule has 0 amide bonds. The first-order chi connectivity index (χ1) is 10.0. The number of hydrogen-bond donors (Lipinski definition) is 1. The van der Waals surface area contributed by atoms with E-state index in [-0.39, 0.29) is 5.56 Å². The summed E-state index contributed by atoms with van der Waals surface area (Å²) in [5.74, 6) is -0.490. The Bertz CT molecular complexity index is 696. The lowest BCUT2D eigenvalue weighted by atomic mass is 10.1. The fraction of sp³-hybridized carbons (Fsp3) is 0.312. The maximum Gasteiger partial charge on any atom is 0.339 e. The summed E-state index contributed by atoms with van der Waals surface area (Å²) in [6, 6.07) is 8.88. The van der Waals surface area contributed by atoms with Crippen LogP contribution in [0.25, 0.3) is 11.3 Å². The third kappa shape index (κ3) is 3.48. The Labute approximate surface area is 123 Å². The van der Waals surface area contributed by atoms with Gasteiger partial charge in [0, 0.05) is 18.3 Å². The van der Waals surface area contributed by atoms with Crippen molar-refractivity contribution in [2.45, 2.75) is 26.8 Å². The lowest BCUT2D eigenvalue weighted by molar-refractivity contribution is 0.0697. The predicted molar refractivity (Wildman–Crippen MR) is 78.8 cm³/mol. The number of aromatic nitrogens is 2. The first-order valence-electron chi connectivity index (χ1n) is 6.82. The van der Waals surface area contributed by atoms with E-state index in [0.717, 1.165) is 6.42 Å². The number of hydrogen-bond acceptors (Lipinski definition) is 3. The molecule has 2 rings (SSSR count). The molecule has 0 saturated carbocycles. The van der Waals surface area contributed by atoms with E-state index in [2.05, 4.69) is 25.0 Å². The SMILES string of the molecule is CC(C)CCn1cc(C(=O)O)c(-c2cccc(C#N)c2)n1. The zero-order chi connectivity index (χ0) is 15.4. The Morgan fingerprint density at radius 3 is 2.86 bits per heavy atom. The van der Waals surface area contributed by atoms with Gasteiger partial charge in [-0.25, -0.2) is 4.79 Å². The van der Waals surface area contributed by atoms with E-state index in [0.29, 0.717) is 29.3 Å². The van der Waals surface area contributed by atoms with Crippen LogP contribution in [0.2, 0.25) is 0 Å². The highest BCUT2D eigenvalue weighted by Gasteiger charge is 2.17. The number of benzene rings is 1. The van der Waals surface area contributed by atoms with Crippen LogP contribution in [-0.4, -0.2) is 20.9 Å². The molecule has 0 spiro atoms. The van der Waals surface area contributed by atoms with E-state index < -0.39 is 5.97 Å². The lowest BCUT2D eigenvalue weighted by Crippen LogP contribution is -2.02. The number of rotatable bonds is 5. The summed E-state index contributed by atoms with van der Waals surface area (Å²) in [4.78, 5) is 11.4. The molecule has 1 N–H and O–H groups in total. The third-order valence-corrected chi connectivity index (χ3v) is 3.19. The maximum absolute atomic E-state index is 11.4. The van der Waals surface area contributed by atoms with Crippen molar-refractivity contribution in [1.82, 2.24) is 9.78 Å². The second-order valence-corrected chi connectivity index (χ2v) is 5.33. The van der Waals surface area contributed by atoms with E-state index in [1.54, 1.807) is 35.1 Å². The van der Waals surface area contributed by atoms with Gasteiger partial charge in [0.05, 0.1) is 11.6 Å². The molecule has 5 heteroatoms. The number of nitrogens with zero attached hydrogens (tertiary/aromatic N) is 3. The number of aromatic carboxylic acids is 1. The molecule has 5 nitrogen and oxygen atoms in total. The minimum atomic E-state index is -1.01. The molecule has 0 atom stereocenters. The molecule has 0 fully saturated rings. The highest BCUT2D eigenvalue weighted by atomic mass is 16.4. The van der Waals surface area contributed by atoms with Crippen LogP contribution in [0.3, 0.4) is 0 Å². The Morgan fingerprint density at radius 2 is 2.24 bits per heavy atom. The Balaban J connectivity index is 2.41. The molecule has 108 valence electrons. The molecule has 2 aromatic rings. The van der Waals surface area contributed by atoms with Crippen LogP contribution >= 0.6 is 0 Å². The minimum absolute atomic E-state index is 0.161. The fourth-order valence-corrected chi connectivity index (χ4v) is 2.03. The highest BCUT2D eigenvalue weighted by Crippen LogP contribution is 2.23. The highest BCUT2D eigenvalue weighted by molar-refractivity contribution is 5.94. The van der Waals surface area contributed by atoms with Crippen molar-refractivity contribution >= 4 is 5.97 Å². The molecule has 0 radical (unpaired) electrons. The lowest BCUT2D eigenvalue weighted by Gasteiger charge is -2.04. The molecule has 1 aromatic heterocycles. The molecule has 0 saturated heterocycles. The summed E-state index contributed by atoms with van der Waals surface area (Å²) >= 11 is 0. The van der Waals surface area contributed by atoms with Crippen molar-refractivity contribution in [2.75, 3.05) is 0 Å². The van der Waals surface area contributed by atoms with E-state index in [4.69, 9.17) is 5.26 Å². The molecule has 0 aliphatic carbocycles. The number of carboxylic acids is 1. The van der Waals surface area contributed by atoms with Gasteiger partial charge in [-0.1, -0.05) is 26.0 Å². The van der Waals surface area contributed by atoms with E-state index >= 15 is 0 Å². The van der Waals surface area contributed by atoms with Gasteiger partial charge in [0.15, 0.2) is 0 Å². The zero-order valence-corrected chi connectivity index (χ0v) is 12.1. The molecule has 0 bridgehead atoms. The Hall–Kier alpha value is -2.61. The van der Waals surface area contributed by atoms with Crippen LogP contribution in [0.4, 0.5) is 0 Å². The number of carbonyl (C=O) groups is 1. The summed E-state index contributed by atoms with van der Waals surface area (Å²) in [5, 5.41) is 22.6. The van der Waals surface area contributed by atoms with Crippen LogP contribution in [0.5, 0.6) is 0 Å². The van der Waals surface area contributed by atoms with E-state index in [9.17, 15) is 9.90 Å². The monoisotopic (exact) mass is 283 g/mol. The molecule has 0 aliphatic rings. The average Bonchev–Trinajstić information content (AvgIpc) is 2.89. The van der Waals surface area contributed by atoms with Crippen molar-refractivity contribution in [2.24, 2.45) is 5.92 Å². The van der Waals surface area contributed by atoms with Gasteiger partial charge in [0.25, 0.3) is 0 Å². The molecule has 21 heavy (non-hydrogen) atoms. The number of carboxylic acid groups (broad SMARTS) is 1. The van der Waals surface area contributed by atoms with Crippen LogP contribution in [-0.2, 0) is 6.54 Å². The average molecular weight is 283 g/mol. The summed E-state index contributed by atoms with van der Waals surface area (Å²) in [6.07, 6.45) is 2.48. The van der Waals surface area contributed by atoms with E-state index in [1.165, 1.54) is 0 Å². The van der Waals surface area contributed by atoms with Crippen molar-refractivity contribution in [3.63, 3.8) is 0 Å². The van der Waals surface area contributed by atoms with Gasteiger partial charge in [0.2, 0.25) is 0 Å². The number of aryl methyl sites for hydroxylation is 1. The van der Waals surface area contributed by atoms with Crippen molar-refractivity contribution in [1.29, 1.82) is 5.26 Å². The second-order valence-electron chi connectivity index (χ2n) is 5.33. The van der Waals surface area contributed by atoms with Gasteiger partial charge in [-0.15, -0.1) is 0 Å². The third-order valence-electron chi connectivity index (χ3n) is 3.19. The summed E-state index contributed by atoms with van der Waals surface area (Å²) in [7, 11) is 0. The van der Waals surface area contributed by atoms with E-state index in [1.807, 2.05) is 0 Å². The van der Waals surface area contributed by atoms with Crippen molar-refractivity contribution in [3.05, 3.63) is 41.6 Å². The van der Waals surface area contributed by atoms with Gasteiger partial charge < -0.3 is 5.11 Å². The first kappa shape index (κ1) is 14.8. The van der Waals surface area contributed by atoms with Crippen molar-refractivity contribution in [3.8, 4) is 17.3 Å². The largest absolute Gasteiger partial charge is 0.478 e. The smallest absolute Gasteiger partial charge is 0.339 e. The molecule has 1 aromatic carbocycles. The Morgan fingerprint density at radius 1 is 1.48 bits per heavy atom. The van der Waals surface area contributed by atoms with Gasteiger partial charge in [-0.05, 0) is 24.5 Å². The quantitative estimate of drug-likeness (QED) is 0.914. The molecular weight excluding hydrogens is 266 g/mol. The van der Waals surface area contributed by atoms with Crippen LogP contribution in [0, 0.1) is 17.2 Å². The first-order valence-corrected chi connectivity index (χ1v) is 6.82.